The lowest BCUT2D eigenvalue weighted by atomic mass is 9.82. The number of phenolic OH excluding ortho intramolecular Hbond substituents is 4. The van der Waals surface area contributed by atoms with E-state index in [1.54, 1.807) is 0 Å². The fourth-order valence-corrected chi connectivity index (χ4v) is 7.38. The summed E-state index contributed by atoms with van der Waals surface area (Å²) in [4.78, 5) is 82.5. The minimum Gasteiger partial charge on any atom is -0.508 e. The Morgan fingerprint density at radius 1 is 0.475 bits per heavy atom. The SMILES string of the molecule is CCCC(=O)c1cc(O)ccc1O.CCCC(=O)c1cc(OC(=O)C2CCC(C(=O)Oc3ccc(O)c(C(=O)CCC)c3)CC2)ccc1O.O=C(Cl)C1CCC(C(=O)Cl)CC1. The van der Waals surface area contributed by atoms with Gasteiger partial charge < -0.3 is 29.9 Å². The number of rotatable bonds is 15. The van der Waals surface area contributed by atoms with Crippen LogP contribution in [0.15, 0.2) is 54.6 Å². The average Bonchev–Trinajstić information content (AvgIpc) is 3.23. The smallest absolute Gasteiger partial charge is 0.314 e. The molecule has 2 aliphatic rings. The van der Waals surface area contributed by atoms with Gasteiger partial charge in [0.15, 0.2) is 17.3 Å². The fourth-order valence-electron chi connectivity index (χ4n) is 6.95. The lowest BCUT2D eigenvalue weighted by Gasteiger charge is -2.26. The van der Waals surface area contributed by atoms with Gasteiger partial charge >= 0.3 is 11.9 Å². The number of phenols is 4. The molecule has 4 N–H and O–H groups in total. The highest BCUT2D eigenvalue weighted by Gasteiger charge is 2.33. The van der Waals surface area contributed by atoms with Crippen LogP contribution >= 0.6 is 23.2 Å². The lowest BCUT2D eigenvalue weighted by molar-refractivity contribution is -0.145. The number of hydrogen-bond donors (Lipinski definition) is 4. The van der Waals surface area contributed by atoms with Crippen molar-refractivity contribution in [2.75, 3.05) is 0 Å². The number of esters is 2. The van der Waals surface area contributed by atoms with Gasteiger partial charge in [-0.25, -0.2) is 0 Å². The summed E-state index contributed by atoms with van der Waals surface area (Å²) in [5.74, 6) is -2.37. The van der Waals surface area contributed by atoms with Crippen LogP contribution in [0.25, 0.3) is 0 Å². The predicted molar refractivity (Wildman–Crippen MR) is 228 cm³/mol. The van der Waals surface area contributed by atoms with Gasteiger partial charge in [-0.1, -0.05) is 20.8 Å². The molecule has 15 heteroatoms. The Hall–Kier alpha value is -5.27. The van der Waals surface area contributed by atoms with Gasteiger partial charge in [-0.15, -0.1) is 0 Å². The normalized spacial score (nSPS) is 18.2. The lowest BCUT2D eigenvalue weighted by Crippen LogP contribution is -2.30. The number of hydrogen-bond acceptors (Lipinski definition) is 13. The third-order valence-corrected chi connectivity index (χ3v) is 11.1. The Labute approximate surface area is 365 Å². The summed E-state index contributed by atoms with van der Waals surface area (Å²) in [5.41, 5.74) is 0.451. The van der Waals surface area contributed by atoms with Crippen molar-refractivity contribution < 1.29 is 63.5 Å². The maximum atomic E-state index is 12.7. The van der Waals surface area contributed by atoms with E-state index >= 15 is 0 Å². The second kappa shape index (κ2) is 24.9. The Morgan fingerprint density at radius 3 is 1.08 bits per heavy atom. The minimum atomic E-state index is -0.445. The molecule has 2 fully saturated rings. The van der Waals surface area contributed by atoms with E-state index in [0.717, 1.165) is 6.42 Å². The van der Waals surface area contributed by atoms with Crippen molar-refractivity contribution in [2.24, 2.45) is 23.7 Å². The largest absolute Gasteiger partial charge is 0.508 e. The number of carbonyl (C=O) groups is 7. The van der Waals surface area contributed by atoms with Crippen LogP contribution in [0.1, 0.15) is 142 Å². The van der Waals surface area contributed by atoms with Crippen LogP contribution in [0, 0.1) is 23.7 Å². The van der Waals surface area contributed by atoms with E-state index in [-0.39, 0.29) is 104 Å². The van der Waals surface area contributed by atoms with Crippen molar-refractivity contribution >= 4 is 63.0 Å². The quantitative estimate of drug-likeness (QED) is 0.0368. The monoisotopic (exact) mass is 884 g/mol. The molecule has 0 heterocycles. The highest BCUT2D eigenvalue weighted by Crippen LogP contribution is 2.34. The zero-order valence-corrected chi connectivity index (χ0v) is 36.1. The standard InChI is InChI=1S/C28H32O8.C10H12O3.C8H10Cl2O2/c1-3-5-23(29)21-15-19(11-13-25(21)31)35-27(33)17-7-9-18(10-8-17)28(34)36-20-12-14-26(32)22(16-20)24(30)6-4-2;1-2-3-9(12)8-6-7(11)4-5-10(8)13;9-7(11)5-1-2-6(4-3-5)8(10)12/h11-18,31-32H,3-10H2,1-2H3;4-6,11,13H,2-3H2,1H3;5-6H,1-4H2. The average molecular weight is 886 g/mol. The van der Waals surface area contributed by atoms with Crippen LogP contribution in [0.2, 0.25) is 0 Å². The van der Waals surface area contributed by atoms with Crippen molar-refractivity contribution in [1.82, 2.24) is 0 Å². The van der Waals surface area contributed by atoms with Gasteiger partial charge in [0, 0.05) is 31.1 Å². The summed E-state index contributed by atoms with van der Waals surface area (Å²) in [6, 6.07) is 12.3. The van der Waals surface area contributed by atoms with Gasteiger partial charge in [0.1, 0.15) is 34.5 Å². The number of aromatic hydroxyl groups is 4. The van der Waals surface area contributed by atoms with Crippen LogP contribution in [0.3, 0.4) is 0 Å². The van der Waals surface area contributed by atoms with E-state index in [2.05, 4.69) is 0 Å². The molecule has 0 amide bonds. The number of halogens is 2. The van der Waals surface area contributed by atoms with Crippen molar-refractivity contribution in [3.63, 3.8) is 0 Å². The second-order valence-electron chi connectivity index (χ2n) is 15.1. The fraction of sp³-hybridized carbons (Fsp3) is 0.457. The van der Waals surface area contributed by atoms with Crippen LogP contribution in [0.4, 0.5) is 0 Å². The number of ketones is 3. The molecule has 0 aromatic heterocycles. The van der Waals surface area contributed by atoms with E-state index in [9.17, 15) is 48.9 Å². The number of carbonyl (C=O) groups excluding carboxylic acids is 7. The Kier molecular flexibility index (Phi) is 20.4. The minimum absolute atomic E-state index is 0.00254. The molecule has 2 aliphatic carbocycles. The molecule has 13 nitrogen and oxygen atoms in total. The zero-order valence-electron chi connectivity index (χ0n) is 34.6. The molecule has 0 bridgehead atoms. The van der Waals surface area contributed by atoms with Crippen LogP contribution in [-0.4, -0.2) is 60.2 Å². The highest BCUT2D eigenvalue weighted by atomic mass is 35.5. The summed E-state index contributed by atoms with van der Waals surface area (Å²) in [7, 11) is 0. The topological polar surface area (TPSA) is 219 Å². The molecule has 0 aliphatic heterocycles. The van der Waals surface area contributed by atoms with Crippen LogP contribution in [-0.2, 0) is 19.2 Å². The molecule has 3 aromatic carbocycles. The first-order valence-corrected chi connectivity index (χ1v) is 21.3. The molecule has 0 unspecified atom stereocenters. The Bertz CT molecular complexity index is 1920. The summed E-state index contributed by atoms with van der Waals surface area (Å²) >= 11 is 10.7. The van der Waals surface area contributed by atoms with Gasteiger partial charge in [0.05, 0.1) is 28.5 Å². The van der Waals surface area contributed by atoms with Crippen LogP contribution < -0.4 is 9.47 Å². The molecule has 0 saturated heterocycles. The van der Waals surface area contributed by atoms with Gasteiger partial charge in [-0.3, -0.25) is 33.6 Å². The van der Waals surface area contributed by atoms with E-state index in [4.69, 9.17) is 37.8 Å². The third kappa shape index (κ3) is 15.6. The summed E-state index contributed by atoms with van der Waals surface area (Å²) in [5, 5.41) is 37.7. The summed E-state index contributed by atoms with van der Waals surface area (Å²) in [6.07, 6.45) is 7.51. The van der Waals surface area contributed by atoms with Crippen molar-refractivity contribution in [3.05, 3.63) is 71.3 Å². The summed E-state index contributed by atoms with van der Waals surface area (Å²) in [6.45, 7) is 5.61. The Morgan fingerprint density at radius 2 is 0.770 bits per heavy atom. The molecule has 3 aromatic rings. The molecule has 0 atom stereocenters. The van der Waals surface area contributed by atoms with Crippen LogP contribution in [0.5, 0.6) is 34.5 Å². The molecule has 0 radical (unpaired) electrons. The molecule has 2 saturated carbocycles. The molecular formula is C46H54Cl2O13. The first-order valence-electron chi connectivity index (χ1n) is 20.6. The third-order valence-electron chi connectivity index (χ3n) is 10.4. The van der Waals surface area contributed by atoms with Gasteiger partial charge in [0.25, 0.3) is 0 Å². The molecule has 330 valence electrons. The molecule has 5 rings (SSSR count). The maximum absolute atomic E-state index is 12.7. The maximum Gasteiger partial charge on any atom is 0.314 e. The summed E-state index contributed by atoms with van der Waals surface area (Å²) < 4.78 is 10.9. The highest BCUT2D eigenvalue weighted by molar-refractivity contribution is 6.64. The molecule has 61 heavy (non-hydrogen) atoms. The van der Waals surface area contributed by atoms with E-state index in [1.807, 2.05) is 20.8 Å². The first kappa shape index (κ1) is 50.1. The van der Waals surface area contributed by atoms with Crippen molar-refractivity contribution in [2.45, 2.75) is 111 Å². The van der Waals surface area contributed by atoms with Gasteiger partial charge in [-0.05, 0) is 148 Å². The van der Waals surface area contributed by atoms with Gasteiger partial charge in [0.2, 0.25) is 10.5 Å². The molecular weight excluding hydrogens is 831 g/mol. The second-order valence-corrected chi connectivity index (χ2v) is 15.9. The van der Waals surface area contributed by atoms with E-state index in [0.29, 0.717) is 70.6 Å². The first-order chi connectivity index (χ1) is 29.0. The number of Topliss-reactive ketones (excluding diaryl/α,β-unsaturated/α-hetero) is 3. The number of benzene rings is 3. The van der Waals surface area contributed by atoms with Crippen molar-refractivity contribution in [3.8, 4) is 34.5 Å². The van der Waals surface area contributed by atoms with E-state index in [1.165, 1.54) is 54.6 Å². The molecule has 0 spiro atoms. The number of ether oxygens (including phenoxy) is 2. The predicted octanol–water partition coefficient (Wildman–Crippen LogP) is 9.78. The Balaban J connectivity index is 0.000000321. The van der Waals surface area contributed by atoms with E-state index < -0.39 is 23.8 Å². The zero-order chi connectivity index (χ0) is 45.2. The van der Waals surface area contributed by atoms with Crippen molar-refractivity contribution in [1.29, 1.82) is 0 Å². The van der Waals surface area contributed by atoms with Gasteiger partial charge in [-0.2, -0.15) is 0 Å².